The first-order valence-electron chi connectivity index (χ1n) is 13.1. The molecule has 0 spiro atoms. The van der Waals surface area contributed by atoms with Crippen LogP contribution < -0.4 is 5.32 Å². The van der Waals surface area contributed by atoms with Crippen LogP contribution in [0.15, 0.2) is 85.5 Å². The van der Waals surface area contributed by atoms with Crippen LogP contribution in [0.2, 0.25) is 0 Å². The minimum Gasteiger partial charge on any atom is -0.335 e. The summed E-state index contributed by atoms with van der Waals surface area (Å²) in [7, 11) is 0. The van der Waals surface area contributed by atoms with Crippen LogP contribution in [-0.4, -0.2) is 40.9 Å². The molecule has 0 radical (unpaired) electrons. The van der Waals surface area contributed by atoms with Crippen molar-refractivity contribution in [1.82, 2.24) is 40.4 Å². The Morgan fingerprint density at radius 3 is 2.68 bits per heavy atom. The molecule has 10 heteroatoms. The Kier molecular flexibility index (Phi) is 6.38. The molecule has 0 saturated heterocycles. The van der Waals surface area contributed by atoms with Gasteiger partial charge in [0.15, 0.2) is 17.3 Å². The smallest absolute Gasteiger partial charge is 0.178 e. The maximum Gasteiger partial charge on any atom is 0.178 e. The van der Waals surface area contributed by atoms with Gasteiger partial charge in [0.2, 0.25) is 0 Å². The van der Waals surface area contributed by atoms with E-state index in [9.17, 15) is 4.79 Å². The molecule has 0 amide bonds. The van der Waals surface area contributed by atoms with Crippen LogP contribution in [0, 0.1) is 0 Å². The van der Waals surface area contributed by atoms with Crippen LogP contribution in [0.1, 0.15) is 27.7 Å². The van der Waals surface area contributed by atoms with Crippen molar-refractivity contribution in [3.05, 3.63) is 101 Å². The summed E-state index contributed by atoms with van der Waals surface area (Å²) in [4.78, 5) is 35.3. The number of thiophene rings is 1. The Morgan fingerprint density at radius 1 is 0.951 bits per heavy atom. The lowest BCUT2D eigenvalue weighted by Gasteiger charge is -2.07. The number of nitrogens with zero attached hydrogens (tertiary/aromatic N) is 5. The third kappa shape index (κ3) is 4.90. The predicted octanol–water partition coefficient (Wildman–Crippen LogP) is 6.18. The number of aromatic amines is 2. The van der Waals surface area contributed by atoms with Gasteiger partial charge in [0.1, 0.15) is 5.69 Å². The fourth-order valence-corrected chi connectivity index (χ4v) is 5.76. The molecule has 0 fully saturated rings. The number of imidazole rings is 1. The number of nitrogens with one attached hydrogen (secondary N) is 3. The van der Waals surface area contributed by atoms with E-state index in [-0.39, 0.29) is 5.78 Å². The number of fused-ring (bicyclic) bond motifs is 2. The van der Waals surface area contributed by atoms with E-state index in [2.05, 4.69) is 53.6 Å². The van der Waals surface area contributed by atoms with Crippen molar-refractivity contribution in [3.8, 4) is 33.2 Å². The van der Waals surface area contributed by atoms with Crippen molar-refractivity contribution in [2.24, 2.45) is 0 Å². The number of hydrogen-bond acceptors (Lipinski definition) is 8. The summed E-state index contributed by atoms with van der Waals surface area (Å²) in [5.74, 6) is 0.650. The van der Waals surface area contributed by atoms with Gasteiger partial charge in [-0.3, -0.25) is 19.9 Å². The number of H-pyrrole nitrogens is 2. The maximum atomic E-state index is 11.8. The average molecular weight is 557 g/mol. The first-order valence-corrected chi connectivity index (χ1v) is 13.9. The summed E-state index contributed by atoms with van der Waals surface area (Å²) in [6, 6.07) is 20.2. The van der Waals surface area contributed by atoms with Gasteiger partial charge in [-0.05, 0) is 48.4 Å². The Balaban J connectivity index is 1.19. The van der Waals surface area contributed by atoms with E-state index >= 15 is 0 Å². The minimum atomic E-state index is 0.0495. The van der Waals surface area contributed by atoms with Gasteiger partial charge in [0.25, 0.3) is 0 Å². The van der Waals surface area contributed by atoms with Gasteiger partial charge in [0.05, 0.1) is 27.8 Å². The highest BCUT2D eigenvalue weighted by Crippen LogP contribution is 2.34. The van der Waals surface area contributed by atoms with E-state index in [1.165, 1.54) is 16.9 Å². The molecule has 200 valence electrons. The lowest BCUT2D eigenvalue weighted by molar-refractivity contribution is 0.102. The maximum absolute atomic E-state index is 11.8. The van der Waals surface area contributed by atoms with Gasteiger partial charge in [-0.2, -0.15) is 5.10 Å². The molecule has 0 unspecified atom stereocenters. The largest absolute Gasteiger partial charge is 0.335 e. The standard InChI is InChI=1S/C31H24N8OS/c1-18(40)26-7-8-27(41-26)22-9-10-34-30-28(22)36-31(37-30)29-23-12-24(35-17-25(23)38-39-29)21-11-20(15-33-16-21)14-32-13-19-5-3-2-4-6-19/h2-12,15-17,32H,13-14H2,1H3,(H,38,39)(H,34,36,37). The van der Waals surface area contributed by atoms with E-state index < -0.39 is 0 Å². The molecule has 7 aromatic rings. The van der Waals surface area contributed by atoms with Crippen LogP contribution in [0.25, 0.3) is 55.3 Å². The Hall–Kier alpha value is -5.06. The molecule has 0 aliphatic carbocycles. The second-order valence-electron chi connectivity index (χ2n) is 9.72. The zero-order valence-corrected chi connectivity index (χ0v) is 22.9. The van der Waals surface area contributed by atoms with Crippen molar-refractivity contribution in [2.75, 3.05) is 0 Å². The first kappa shape index (κ1) is 24.9. The summed E-state index contributed by atoms with van der Waals surface area (Å²) >= 11 is 1.46. The molecule has 1 aromatic carbocycles. The van der Waals surface area contributed by atoms with Gasteiger partial charge in [-0.25, -0.2) is 9.97 Å². The minimum absolute atomic E-state index is 0.0495. The van der Waals surface area contributed by atoms with Crippen LogP contribution >= 0.6 is 11.3 Å². The monoisotopic (exact) mass is 556 g/mol. The average Bonchev–Trinajstić information content (AvgIpc) is 3.76. The second kappa shape index (κ2) is 10.5. The van der Waals surface area contributed by atoms with E-state index in [4.69, 9.17) is 4.98 Å². The summed E-state index contributed by atoms with van der Waals surface area (Å²) in [6.07, 6.45) is 7.20. The molecule has 0 saturated carbocycles. The van der Waals surface area contributed by atoms with E-state index in [1.807, 2.05) is 54.9 Å². The third-order valence-corrected chi connectivity index (χ3v) is 8.09. The molecule has 3 N–H and O–H groups in total. The Morgan fingerprint density at radius 2 is 1.83 bits per heavy atom. The number of rotatable bonds is 8. The van der Waals surface area contributed by atoms with Gasteiger partial charge in [-0.15, -0.1) is 11.3 Å². The van der Waals surface area contributed by atoms with Crippen molar-refractivity contribution >= 4 is 39.2 Å². The molecular formula is C31H24N8OS. The number of carbonyl (C=O) groups excluding carboxylic acids is 1. The molecule has 0 aliphatic heterocycles. The molecule has 41 heavy (non-hydrogen) atoms. The van der Waals surface area contributed by atoms with Crippen molar-refractivity contribution < 1.29 is 4.79 Å². The summed E-state index contributed by atoms with van der Waals surface area (Å²) in [5.41, 5.74) is 7.83. The number of carbonyl (C=O) groups is 1. The Bertz CT molecular complexity index is 2020. The van der Waals surface area contributed by atoms with E-state index in [0.717, 1.165) is 50.2 Å². The molecule has 0 atom stereocenters. The SMILES string of the molecule is CC(=O)c1ccc(-c2ccnc3nc(-c4n[nH]c5cnc(-c6cncc(CNCc7ccccc7)c6)cc45)[nH]c23)s1. The zero-order chi connectivity index (χ0) is 27.8. The molecular weight excluding hydrogens is 532 g/mol. The van der Waals surface area contributed by atoms with Crippen molar-refractivity contribution in [1.29, 1.82) is 0 Å². The fraction of sp³-hybridized carbons (Fsp3) is 0.0968. The van der Waals surface area contributed by atoms with E-state index in [1.54, 1.807) is 19.3 Å². The molecule has 0 bridgehead atoms. The molecule has 9 nitrogen and oxygen atoms in total. The van der Waals surface area contributed by atoms with Gasteiger partial charge in [0, 0.05) is 53.1 Å². The third-order valence-electron chi connectivity index (χ3n) is 6.87. The lowest BCUT2D eigenvalue weighted by atomic mass is 10.1. The van der Waals surface area contributed by atoms with E-state index in [0.29, 0.717) is 28.6 Å². The molecule has 7 rings (SSSR count). The highest BCUT2D eigenvalue weighted by atomic mass is 32.1. The number of ketones is 1. The van der Waals surface area contributed by atoms with Gasteiger partial charge in [-0.1, -0.05) is 30.3 Å². The molecule has 6 heterocycles. The van der Waals surface area contributed by atoms with Gasteiger partial charge < -0.3 is 10.3 Å². The summed E-state index contributed by atoms with van der Waals surface area (Å²) < 4.78 is 0. The van der Waals surface area contributed by atoms with Crippen molar-refractivity contribution in [3.63, 3.8) is 0 Å². The zero-order valence-electron chi connectivity index (χ0n) is 22.0. The Labute approximate surface area is 238 Å². The fourth-order valence-electron chi connectivity index (χ4n) is 4.83. The number of benzene rings is 1. The topological polar surface area (TPSA) is 125 Å². The van der Waals surface area contributed by atoms with Crippen LogP contribution in [-0.2, 0) is 13.1 Å². The normalized spacial score (nSPS) is 11.4. The lowest BCUT2D eigenvalue weighted by Crippen LogP contribution is -2.12. The highest BCUT2D eigenvalue weighted by molar-refractivity contribution is 7.17. The number of aromatic nitrogens is 7. The molecule has 0 aliphatic rings. The van der Waals surface area contributed by atoms with Crippen molar-refractivity contribution in [2.45, 2.75) is 20.0 Å². The number of pyridine rings is 3. The number of hydrogen-bond donors (Lipinski definition) is 3. The van der Waals surface area contributed by atoms with Gasteiger partial charge >= 0.3 is 0 Å². The second-order valence-corrected chi connectivity index (χ2v) is 10.8. The first-order chi connectivity index (χ1) is 20.1. The quantitative estimate of drug-likeness (QED) is 0.191. The van der Waals surface area contributed by atoms with Crippen LogP contribution in [0.3, 0.4) is 0 Å². The summed E-state index contributed by atoms with van der Waals surface area (Å²) in [5, 5.41) is 12.0. The summed E-state index contributed by atoms with van der Waals surface area (Å²) in [6.45, 7) is 3.06. The number of Topliss-reactive ketones (excluding diaryl/α,β-unsaturated/α-hetero) is 1. The highest BCUT2D eigenvalue weighted by Gasteiger charge is 2.18. The van der Waals surface area contributed by atoms with Crippen LogP contribution in [0.5, 0.6) is 0 Å². The molecule has 6 aromatic heterocycles. The predicted molar refractivity (Wildman–Crippen MR) is 160 cm³/mol. The van der Waals surface area contributed by atoms with Crippen LogP contribution in [0.4, 0.5) is 0 Å².